The lowest BCUT2D eigenvalue weighted by Crippen LogP contribution is -2.12. The Bertz CT molecular complexity index is 349. The van der Waals surface area contributed by atoms with E-state index in [9.17, 15) is 13.2 Å². The summed E-state index contributed by atoms with van der Waals surface area (Å²) in [5, 5.41) is 8.85. The minimum atomic E-state index is -4.38. The average molecular weight is 279 g/mol. The molecular weight excluding hydrogens is 255 g/mol. The Morgan fingerprint density at radius 1 is 1.00 bits per heavy atom. The monoisotopic (exact) mass is 279 g/mol. The molecular formula is C14H24F3NO. The van der Waals surface area contributed by atoms with Gasteiger partial charge in [-0.3, -0.25) is 0 Å². The zero-order valence-electron chi connectivity index (χ0n) is 12.5. The minimum absolute atomic E-state index is 0.258. The first kappa shape index (κ1) is 20.1. The molecule has 1 N–H and O–H groups in total. The van der Waals surface area contributed by atoms with E-state index < -0.39 is 18.3 Å². The molecule has 112 valence electrons. The molecule has 0 saturated carbocycles. The van der Waals surface area contributed by atoms with Crippen molar-refractivity contribution in [2.45, 2.75) is 40.5 Å². The van der Waals surface area contributed by atoms with Gasteiger partial charge < -0.3 is 10.0 Å². The Hall–Kier alpha value is -1.23. The van der Waals surface area contributed by atoms with Gasteiger partial charge in [-0.25, -0.2) is 0 Å². The van der Waals surface area contributed by atoms with Gasteiger partial charge in [0.25, 0.3) is 0 Å². The third-order valence-electron chi connectivity index (χ3n) is 2.00. The van der Waals surface area contributed by atoms with Crippen LogP contribution in [0.1, 0.15) is 38.8 Å². The van der Waals surface area contributed by atoms with Crippen LogP contribution in [0.3, 0.4) is 0 Å². The van der Waals surface area contributed by atoms with Gasteiger partial charge in [0, 0.05) is 19.8 Å². The Morgan fingerprint density at radius 2 is 1.47 bits per heavy atom. The van der Waals surface area contributed by atoms with Gasteiger partial charge in [-0.05, 0) is 23.8 Å². The molecule has 0 radical (unpaired) electrons. The third kappa shape index (κ3) is 7.06. The molecule has 0 fully saturated rings. The molecule has 0 aliphatic rings. The molecule has 0 saturated heterocycles. The van der Waals surface area contributed by atoms with Gasteiger partial charge >= 0.3 is 6.18 Å². The zero-order chi connectivity index (χ0) is 15.6. The van der Waals surface area contributed by atoms with Crippen LogP contribution < -0.4 is 4.90 Å². The van der Waals surface area contributed by atoms with Crippen LogP contribution in [0.25, 0.3) is 0 Å². The first-order valence-corrected chi connectivity index (χ1v) is 6.34. The molecule has 1 aromatic carbocycles. The molecule has 0 aliphatic carbocycles. The number of hydrogen-bond donors (Lipinski definition) is 1. The second-order valence-electron chi connectivity index (χ2n) is 3.44. The van der Waals surface area contributed by atoms with Gasteiger partial charge in [0.1, 0.15) is 0 Å². The van der Waals surface area contributed by atoms with Crippen molar-refractivity contribution in [3.8, 4) is 0 Å². The maximum Gasteiger partial charge on any atom is 0.416 e. The Balaban J connectivity index is 0. The Kier molecular flexibility index (Phi) is 10.2. The molecule has 1 aromatic rings. The molecule has 0 aliphatic heterocycles. The summed E-state index contributed by atoms with van der Waals surface area (Å²) in [4.78, 5) is 1.56. The van der Waals surface area contributed by atoms with Crippen LogP contribution in [-0.2, 0) is 12.8 Å². The smallest absolute Gasteiger partial charge is 0.392 e. The van der Waals surface area contributed by atoms with Crippen LogP contribution in [0.4, 0.5) is 18.9 Å². The maximum atomic E-state index is 12.4. The SMILES string of the molecule is CC.CC.CN(C)c1cc(CO)cc(C(F)(F)F)c1. The largest absolute Gasteiger partial charge is 0.416 e. The van der Waals surface area contributed by atoms with Crippen molar-refractivity contribution in [3.63, 3.8) is 0 Å². The number of aliphatic hydroxyl groups is 1. The molecule has 0 unspecified atom stereocenters. The zero-order valence-corrected chi connectivity index (χ0v) is 12.5. The highest BCUT2D eigenvalue weighted by Crippen LogP contribution is 2.32. The summed E-state index contributed by atoms with van der Waals surface area (Å²) < 4.78 is 37.3. The van der Waals surface area contributed by atoms with E-state index in [0.29, 0.717) is 5.69 Å². The summed E-state index contributed by atoms with van der Waals surface area (Å²) in [5.74, 6) is 0. The fourth-order valence-corrected chi connectivity index (χ4v) is 1.19. The lowest BCUT2D eigenvalue weighted by atomic mass is 10.1. The highest BCUT2D eigenvalue weighted by Gasteiger charge is 2.31. The second kappa shape index (κ2) is 9.67. The summed E-state index contributed by atoms with van der Waals surface area (Å²) >= 11 is 0. The van der Waals surface area contributed by atoms with Gasteiger partial charge in [0.2, 0.25) is 0 Å². The highest BCUT2D eigenvalue weighted by molar-refractivity contribution is 5.50. The fraction of sp³-hybridized carbons (Fsp3) is 0.571. The number of hydrogen-bond acceptors (Lipinski definition) is 2. The lowest BCUT2D eigenvalue weighted by Gasteiger charge is -2.16. The molecule has 0 atom stereocenters. The van der Waals surface area contributed by atoms with E-state index in [4.69, 9.17) is 5.11 Å². The Morgan fingerprint density at radius 3 is 1.79 bits per heavy atom. The van der Waals surface area contributed by atoms with Gasteiger partial charge in [0.05, 0.1) is 12.2 Å². The fourth-order valence-electron chi connectivity index (χ4n) is 1.19. The molecule has 0 bridgehead atoms. The molecule has 0 spiro atoms. The summed E-state index contributed by atoms with van der Waals surface area (Å²) in [6, 6.07) is 3.53. The van der Waals surface area contributed by atoms with Gasteiger partial charge in [-0.1, -0.05) is 27.7 Å². The first-order valence-electron chi connectivity index (χ1n) is 6.34. The molecule has 2 nitrogen and oxygen atoms in total. The predicted octanol–water partition coefficient (Wildman–Crippen LogP) is 4.32. The normalized spacial score (nSPS) is 9.79. The Labute approximate surface area is 113 Å². The highest BCUT2D eigenvalue weighted by atomic mass is 19.4. The number of benzene rings is 1. The molecule has 0 heterocycles. The van der Waals surface area contributed by atoms with Crippen molar-refractivity contribution in [3.05, 3.63) is 29.3 Å². The van der Waals surface area contributed by atoms with Crippen LogP contribution in [0.5, 0.6) is 0 Å². The topological polar surface area (TPSA) is 23.5 Å². The van der Waals surface area contributed by atoms with E-state index in [2.05, 4.69) is 0 Å². The second-order valence-corrected chi connectivity index (χ2v) is 3.44. The van der Waals surface area contributed by atoms with Crippen LogP contribution in [0.15, 0.2) is 18.2 Å². The van der Waals surface area contributed by atoms with Crippen LogP contribution in [-0.4, -0.2) is 19.2 Å². The standard InChI is InChI=1S/C10H12F3NO.2C2H6/c1-14(2)9-4-7(6-15)3-8(5-9)10(11,12)13;2*1-2/h3-5,15H,6H2,1-2H3;2*1-2H3. The van der Waals surface area contributed by atoms with Gasteiger partial charge in [-0.2, -0.15) is 13.2 Å². The van der Waals surface area contributed by atoms with E-state index >= 15 is 0 Å². The maximum absolute atomic E-state index is 12.4. The summed E-state index contributed by atoms with van der Waals surface area (Å²) in [6.07, 6.45) is -4.38. The number of aliphatic hydroxyl groups excluding tert-OH is 1. The van der Waals surface area contributed by atoms with E-state index in [1.807, 2.05) is 27.7 Å². The first-order chi connectivity index (χ1) is 8.84. The van der Waals surface area contributed by atoms with Crippen molar-refractivity contribution in [1.29, 1.82) is 0 Å². The van der Waals surface area contributed by atoms with Crippen LogP contribution in [0.2, 0.25) is 0 Å². The number of nitrogens with zero attached hydrogens (tertiary/aromatic N) is 1. The molecule has 0 amide bonds. The number of halogens is 3. The van der Waals surface area contributed by atoms with E-state index in [0.717, 1.165) is 12.1 Å². The quantitative estimate of drug-likeness (QED) is 0.871. The van der Waals surface area contributed by atoms with Crippen molar-refractivity contribution in [1.82, 2.24) is 0 Å². The van der Waals surface area contributed by atoms with Crippen molar-refractivity contribution >= 4 is 5.69 Å². The minimum Gasteiger partial charge on any atom is -0.392 e. The molecule has 0 aromatic heterocycles. The van der Waals surface area contributed by atoms with Crippen LogP contribution in [0, 0.1) is 0 Å². The average Bonchev–Trinajstić information content (AvgIpc) is 2.41. The van der Waals surface area contributed by atoms with E-state index in [1.165, 1.54) is 6.07 Å². The lowest BCUT2D eigenvalue weighted by molar-refractivity contribution is -0.137. The van der Waals surface area contributed by atoms with E-state index in [-0.39, 0.29) is 5.56 Å². The molecule has 19 heavy (non-hydrogen) atoms. The summed E-state index contributed by atoms with van der Waals surface area (Å²) in [6.45, 7) is 7.60. The van der Waals surface area contributed by atoms with Crippen molar-refractivity contribution in [2.24, 2.45) is 0 Å². The third-order valence-corrected chi connectivity index (χ3v) is 2.00. The molecule has 5 heteroatoms. The van der Waals surface area contributed by atoms with Crippen molar-refractivity contribution < 1.29 is 18.3 Å². The van der Waals surface area contributed by atoms with Gasteiger partial charge in [-0.15, -0.1) is 0 Å². The number of anilines is 1. The van der Waals surface area contributed by atoms with Crippen LogP contribution >= 0.6 is 0 Å². The molecule has 1 rings (SSSR count). The predicted molar refractivity (Wildman–Crippen MR) is 74.4 cm³/mol. The number of rotatable bonds is 2. The summed E-state index contributed by atoms with van der Waals surface area (Å²) in [5.41, 5.74) is -0.0554. The van der Waals surface area contributed by atoms with Gasteiger partial charge in [0.15, 0.2) is 0 Å². The van der Waals surface area contributed by atoms with Crippen molar-refractivity contribution in [2.75, 3.05) is 19.0 Å². The van der Waals surface area contributed by atoms with E-state index in [1.54, 1.807) is 19.0 Å². The summed E-state index contributed by atoms with van der Waals surface area (Å²) in [7, 11) is 3.30. The number of alkyl halides is 3.